The summed E-state index contributed by atoms with van der Waals surface area (Å²) < 4.78 is 0. The number of hydrogen-bond donors (Lipinski definition) is 1. The van der Waals surface area contributed by atoms with Crippen molar-refractivity contribution in [3.63, 3.8) is 0 Å². The van der Waals surface area contributed by atoms with E-state index in [1.54, 1.807) is 0 Å². The fourth-order valence-electron chi connectivity index (χ4n) is 3.79. The Kier molecular flexibility index (Phi) is 3.59. The number of carbonyl (C=O) groups is 1. The summed E-state index contributed by atoms with van der Waals surface area (Å²) in [6.45, 7) is 4.59. The Balaban J connectivity index is 1.37. The zero-order chi connectivity index (χ0) is 14.2. The van der Waals surface area contributed by atoms with Crippen molar-refractivity contribution in [2.45, 2.75) is 44.2 Å². The highest BCUT2D eigenvalue weighted by Gasteiger charge is 2.35. The number of rotatable bonds is 3. The molecule has 3 heterocycles. The van der Waals surface area contributed by atoms with Crippen LogP contribution in [0.15, 0.2) is 6.20 Å². The molecule has 0 unspecified atom stereocenters. The minimum absolute atomic E-state index is 0.112. The molecule has 2 saturated heterocycles. The summed E-state index contributed by atoms with van der Waals surface area (Å²) in [5, 5.41) is 4.28. The molecule has 1 N–H and O–H groups in total. The first-order chi connectivity index (χ1) is 10.3. The number of thiazole rings is 1. The number of urea groups is 1. The lowest BCUT2D eigenvalue weighted by Crippen LogP contribution is -2.51. The molecular weight excluding hydrogens is 284 g/mol. The summed E-state index contributed by atoms with van der Waals surface area (Å²) in [5.41, 5.74) is 0. The number of aromatic nitrogens is 1. The molecule has 0 aromatic carbocycles. The Hall–Kier alpha value is -1.14. The molecule has 114 valence electrons. The molecule has 5 nitrogen and oxygen atoms in total. The van der Waals surface area contributed by atoms with Gasteiger partial charge in [0.1, 0.15) is 0 Å². The van der Waals surface area contributed by atoms with E-state index in [9.17, 15) is 4.79 Å². The van der Waals surface area contributed by atoms with E-state index in [4.69, 9.17) is 0 Å². The number of nitrogens with one attached hydrogen (secondary N) is 1. The van der Waals surface area contributed by atoms with Crippen molar-refractivity contribution in [2.75, 3.05) is 26.2 Å². The first kappa shape index (κ1) is 13.5. The van der Waals surface area contributed by atoms with Crippen molar-refractivity contribution in [1.82, 2.24) is 20.1 Å². The SMILES string of the molecule is O=C1NC[C@H]2CN(Cc3cnc(C4CCCC4)s3)CCN12. The topological polar surface area (TPSA) is 48.5 Å². The van der Waals surface area contributed by atoms with Crippen LogP contribution < -0.4 is 5.32 Å². The van der Waals surface area contributed by atoms with E-state index < -0.39 is 0 Å². The number of amides is 2. The summed E-state index contributed by atoms with van der Waals surface area (Å²) in [6, 6.07) is 0.467. The predicted octanol–water partition coefficient (Wildman–Crippen LogP) is 2.01. The molecule has 0 bridgehead atoms. The third-order valence-electron chi connectivity index (χ3n) is 4.97. The molecular formula is C15H22N4OS. The van der Waals surface area contributed by atoms with E-state index in [2.05, 4.69) is 21.4 Å². The van der Waals surface area contributed by atoms with Gasteiger partial charge in [-0.25, -0.2) is 9.78 Å². The van der Waals surface area contributed by atoms with Crippen molar-refractivity contribution in [2.24, 2.45) is 0 Å². The Morgan fingerprint density at radius 1 is 1.33 bits per heavy atom. The monoisotopic (exact) mass is 306 g/mol. The van der Waals surface area contributed by atoms with Gasteiger partial charge in [-0.1, -0.05) is 12.8 Å². The summed E-state index contributed by atoms with van der Waals surface area (Å²) in [4.78, 5) is 22.1. The lowest BCUT2D eigenvalue weighted by atomic mass is 10.1. The lowest BCUT2D eigenvalue weighted by Gasteiger charge is -2.36. The molecule has 1 aliphatic carbocycles. The van der Waals surface area contributed by atoms with Gasteiger partial charge in [-0.05, 0) is 12.8 Å². The standard InChI is InChI=1S/C15H22N4OS/c20-15-17-7-12-9-18(5-6-19(12)15)10-13-8-16-14(21-13)11-3-1-2-4-11/h8,11-12H,1-7,9-10H2,(H,17,20)/t12-/m0/s1. The molecule has 1 aromatic heterocycles. The van der Waals surface area contributed by atoms with Gasteiger partial charge in [0.2, 0.25) is 0 Å². The molecule has 1 saturated carbocycles. The fraction of sp³-hybridized carbons (Fsp3) is 0.733. The van der Waals surface area contributed by atoms with Gasteiger partial charge in [0.15, 0.2) is 0 Å². The van der Waals surface area contributed by atoms with Gasteiger partial charge in [-0.2, -0.15) is 0 Å². The third-order valence-corrected chi connectivity index (χ3v) is 6.12. The molecule has 3 aliphatic rings. The second-order valence-electron chi connectivity index (χ2n) is 6.41. The Morgan fingerprint density at radius 3 is 3.05 bits per heavy atom. The van der Waals surface area contributed by atoms with Crippen LogP contribution in [-0.2, 0) is 6.54 Å². The zero-order valence-electron chi connectivity index (χ0n) is 12.3. The van der Waals surface area contributed by atoms with Crippen LogP contribution in [0.2, 0.25) is 0 Å². The van der Waals surface area contributed by atoms with Gasteiger partial charge in [0, 0.05) is 49.7 Å². The summed E-state index contributed by atoms with van der Waals surface area (Å²) in [6.07, 6.45) is 7.44. The highest BCUT2D eigenvalue weighted by Crippen LogP contribution is 2.36. The number of nitrogens with zero attached hydrogens (tertiary/aromatic N) is 3. The van der Waals surface area contributed by atoms with Crippen LogP contribution in [0.4, 0.5) is 4.79 Å². The predicted molar refractivity (Wildman–Crippen MR) is 82.5 cm³/mol. The first-order valence-corrected chi connectivity index (χ1v) is 8.82. The zero-order valence-corrected chi connectivity index (χ0v) is 13.1. The van der Waals surface area contributed by atoms with Crippen LogP contribution in [0.1, 0.15) is 41.5 Å². The molecule has 6 heteroatoms. The van der Waals surface area contributed by atoms with Gasteiger partial charge < -0.3 is 10.2 Å². The third kappa shape index (κ3) is 2.66. The minimum atomic E-state index is 0.112. The van der Waals surface area contributed by atoms with E-state index in [0.717, 1.165) is 38.6 Å². The smallest absolute Gasteiger partial charge is 0.317 e. The summed E-state index contributed by atoms with van der Waals surface area (Å²) in [5.74, 6) is 0.720. The van der Waals surface area contributed by atoms with Crippen LogP contribution in [0, 0.1) is 0 Å². The maximum absolute atomic E-state index is 11.6. The minimum Gasteiger partial charge on any atom is -0.336 e. The fourth-order valence-corrected chi connectivity index (χ4v) is 4.92. The largest absolute Gasteiger partial charge is 0.336 e. The normalized spacial score (nSPS) is 27.1. The van der Waals surface area contributed by atoms with Gasteiger partial charge in [0.05, 0.1) is 11.0 Å². The van der Waals surface area contributed by atoms with Crippen molar-refractivity contribution in [3.8, 4) is 0 Å². The van der Waals surface area contributed by atoms with Crippen LogP contribution >= 0.6 is 11.3 Å². The maximum atomic E-state index is 11.6. The van der Waals surface area contributed by atoms with Crippen LogP contribution in [0.3, 0.4) is 0 Å². The molecule has 21 heavy (non-hydrogen) atoms. The molecule has 0 radical (unpaired) electrons. The number of piperazine rings is 1. The molecule has 1 atom stereocenters. The molecule has 3 fully saturated rings. The Morgan fingerprint density at radius 2 is 2.19 bits per heavy atom. The Labute approximate surface area is 129 Å². The second-order valence-corrected chi connectivity index (χ2v) is 7.56. The van der Waals surface area contributed by atoms with E-state index in [1.807, 2.05) is 16.2 Å². The van der Waals surface area contributed by atoms with Crippen molar-refractivity contribution in [3.05, 3.63) is 16.1 Å². The highest BCUT2D eigenvalue weighted by atomic mass is 32.1. The lowest BCUT2D eigenvalue weighted by molar-refractivity contribution is 0.117. The number of carbonyl (C=O) groups excluding carboxylic acids is 1. The summed E-state index contributed by atoms with van der Waals surface area (Å²) >= 11 is 1.90. The van der Waals surface area contributed by atoms with Crippen LogP contribution in [0.5, 0.6) is 0 Å². The van der Waals surface area contributed by atoms with Gasteiger partial charge in [-0.3, -0.25) is 4.90 Å². The Bertz CT molecular complexity index is 525. The van der Waals surface area contributed by atoms with Crippen molar-refractivity contribution in [1.29, 1.82) is 0 Å². The average Bonchev–Trinajstić information content (AvgIpc) is 3.20. The molecule has 2 aliphatic heterocycles. The number of hydrogen-bond acceptors (Lipinski definition) is 4. The van der Waals surface area contributed by atoms with Gasteiger partial charge in [0.25, 0.3) is 0 Å². The van der Waals surface area contributed by atoms with Crippen LogP contribution in [0.25, 0.3) is 0 Å². The molecule has 2 amide bonds. The average molecular weight is 306 g/mol. The van der Waals surface area contributed by atoms with Crippen LogP contribution in [-0.4, -0.2) is 53.0 Å². The maximum Gasteiger partial charge on any atom is 0.317 e. The second kappa shape index (κ2) is 5.57. The van der Waals surface area contributed by atoms with Crippen molar-refractivity contribution >= 4 is 17.4 Å². The van der Waals surface area contributed by atoms with E-state index in [-0.39, 0.29) is 6.03 Å². The van der Waals surface area contributed by atoms with Crippen molar-refractivity contribution < 1.29 is 4.79 Å². The number of fused-ring (bicyclic) bond motifs is 1. The van der Waals surface area contributed by atoms with E-state index in [0.29, 0.717) is 6.04 Å². The van der Waals surface area contributed by atoms with E-state index in [1.165, 1.54) is 35.6 Å². The quantitative estimate of drug-likeness (QED) is 0.929. The van der Waals surface area contributed by atoms with E-state index >= 15 is 0 Å². The molecule has 1 aromatic rings. The highest BCUT2D eigenvalue weighted by molar-refractivity contribution is 7.11. The van der Waals surface area contributed by atoms with Gasteiger partial charge >= 0.3 is 6.03 Å². The molecule has 0 spiro atoms. The summed E-state index contributed by atoms with van der Waals surface area (Å²) in [7, 11) is 0. The van der Waals surface area contributed by atoms with Gasteiger partial charge in [-0.15, -0.1) is 11.3 Å². The first-order valence-electron chi connectivity index (χ1n) is 8.01. The molecule has 4 rings (SSSR count).